The van der Waals surface area contributed by atoms with Gasteiger partial charge < -0.3 is 20.5 Å². The van der Waals surface area contributed by atoms with Gasteiger partial charge in [-0.05, 0) is 49.9 Å². The van der Waals surface area contributed by atoms with E-state index in [1.165, 1.54) is 31.2 Å². The van der Waals surface area contributed by atoms with Gasteiger partial charge in [-0.2, -0.15) is 0 Å². The molecule has 0 aromatic heterocycles. The smallest absolute Gasteiger partial charge is 0.161 e. The Balaban J connectivity index is 1.82. The quantitative estimate of drug-likeness (QED) is 0.873. The summed E-state index contributed by atoms with van der Waals surface area (Å²) in [6.07, 6.45) is 6.13. The Hall–Kier alpha value is -1.26. The highest BCUT2D eigenvalue weighted by atomic mass is 16.5. The fourth-order valence-electron chi connectivity index (χ4n) is 3.41. The molecule has 116 valence electrons. The molecule has 0 amide bonds. The van der Waals surface area contributed by atoms with Crippen LogP contribution in [0.3, 0.4) is 0 Å². The summed E-state index contributed by atoms with van der Waals surface area (Å²) in [6.45, 7) is 2.71. The minimum Gasteiger partial charge on any atom is -0.493 e. The Labute approximate surface area is 127 Å². The fourth-order valence-corrected chi connectivity index (χ4v) is 3.41. The molecule has 4 nitrogen and oxygen atoms in total. The molecular weight excluding hydrogens is 264 g/mol. The van der Waals surface area contributed by atoms with Gasteiger partial charge in [-0.3, -0.25) is 0 Å². The first-order chi connectivity index (χ1) is 10.3. The Bertz CT molecular complexity index is 474. The largest absolute Gasteiger partial charge is 0.493 e. The van der Waals surface area contributed by atoms with Crippen molar-refractivity contribution in [3.8, 4) is 11.5 Å². The minimum atomic E-state index is 0.162. The molecule has 21 heavy (non-hydrogen) atoms. The highest BCUT2D eigenvalue weighted by Crippen LogP contribution is 2.45. The van der Waals surface area contributed by atoms with Crippen LogP contribution < -0.4 is 20.5 Å². The number of piperidine rings is 1. The molecule has 2 aliphatic rings. The molecule has 3 N–H and O–H groups in total. The molecule has 3 rings (SSSR count). The summed E-state index contributed by atoms with van der Waals surface area (Å²) in [4.78, 5) is 0. The Morgan fingerprint density at radius 1 is 1.29 bits per heavy atom. The van der Waals surface area contributed by atoms with E-state index in [-0.39, 0.29) is 11.5 Å². The average Bonchev–Trinajstić information content (AvgIpc) is 2.48. The maximum atomic E-state index is 6.20. The topological polar surface area (TPSA) is 56.5 Å². The van der Waals surface area contributed by atoms with Crippen LogP contribution in [0.25, 0.3) is 0 Å². The number of benzene rings is 1. The minimum absolute atomic E-state index is 0.162. The van der Waals surface area contributed by atoms with Crippen LogP contribution in [0.2, 0.25) is 0 Å². The van der Waals surface area contributed by atoms with Gasteiger partial charge in [0.25, 0.3) is 0 Å². The van der Waals surface area contributed by atoms with Crippen molar-refractivity contribution in [1.29, 1.82) is 0 Å². The molecule has 1 aliphatic carbocycles. The van der Waals surface area contributed by atoms with E-state index in [4.69, 9.17) is 15.2 Å². The lowest BCUT2D eigenvalue weighted by Gasteiger charge is -2.41. The van der Waals surface area contributed by atoms with Crippen LogP contribution in [0.5, 0.6) is 11.5 Å². The molecule has 1 unspecified atom stereocenters. The standard InChI is InChI=1S/C17H26N2O2/c1-20-15-6-5-13(17(12-18)7-3-8-17)10-16(15)21-14-4-2-9-19-11-14/h5-6,10,14,19H,2-4,7-9,11-12,18H2,1H3. The van der Waals surface area contributed by atoms with E-state index >= 15 is 0 Å². The van der Waals surface area contributed by atoms with Crippen LogP contribution in [0.4, 0.5) is 0 Å². The van der Waals surface area contributed by atoms with Crippen molar-refractivity contribution >= 4 is 0 Å². The molecule has 1 heterocycles. The first-order valence-corrected chi connectivity index (χ1v) is 8.03. The van der Waals surface area contributed by atoms with Crippen LogP contribution in [-0.4, -0.2) is 32.8 Å². The summed E-state index contributed by atoms with van der Waals surface area (Å²) in [7, 11) is 1.70. The first kappa shape index (κ1) is 14.7. The molecule has 2 fully saturated rings. The maximum Gasteiger partial charge on any atom is 0.161 e. The predicted molar refractivity (Wildman–Crippen MR) is 84.1 cm³/mol. The summed E-state index contributed by atoms with van der Waals surface area (Å²) >= 11 is 0. The van der Waals surface area contributed by atoms with E-state index < -0.39 is 0 Å². The zero-order valence-electron chi connectivity index (χ0n) is 12.9. The van der Waals surface area contributed by atoms with E-state index in [0.29, 0.717) is 6.54 Å². The highest BCUT2D eigenvalue weighted by Gasteiger charge is 2.37. The molecule has 0 bridgehead atoms. The van der Waals surface area contributed by atoms with Crippen molar-refractivity contribution in [2.75, 3.05) is 26.7 Å². The second-order valence-corrected chi connectivity index (χ2v) is 6.29. The summed E-state index contributed by atoms with van der Waals surface area (Å²) in [5.74, 6) is 1.68. The molecule has 1 aromatic carbocycles. The third kappa shape index (κ3) is 2.87. The van der Waals surface area contributed by atoms with Crippen molar-refractivity contribution in [2.24, 2.45) is 5.73 Å². The van der Waals surface area contributed by atoms with Crippen LogP contribution >= 0.6 is 0 Å². The van der Waals surface area contributed by atoms with E-state index in [9.17, 15) is 0 Å². The van der Waals surface area contributed by atoms with Gasteiger partial charge in [0.15, 0.2) is 11.5 Å². The molecular formula is C17H26N2O2. The van der Waals surface area contributed by atoms with E-state index in [0.717, 1.165) is 31.0 Å². The molecule has 1 aliphatic heterocycles. The van der Waals surface area contributed by atoms with Crippen molar-refractivity contribution in [3.05, 3.63) is 23.8 Å². The first-order valence-electron chi connectivity index (χ1n) is 8.03. The molecule has 0 spiro atoms. The van der Waals surface area contributed by atoms with Crippen LogP contribution in [0.1, 0.15) is 37.7 Å². The lowest BCUT2D eigenvalue weighted by Crippen LogP contribution is -2.41. The monoisotopic (exact) mass is 290 g/mol. The SMILES string of the molecule is COc1ccc(C2(CN)CCC2)cc1OC1CCCNC1. The molecule has 1 atom stereocenters. The third-order valence-electron chi connectivity index (χ3n) is 5.02. The van der Waals surface area contributed by atoms with Gasteiger partial charge in [-0.15, -0.1) is 0 Å². The van der Waals surface area contributed by atoms with Gasteiger partial charge in [0.1, 0.15) is 6.10 Å². The normalized spacial score (nSPS) is 24.2. The van der Waals surface area contributed by atoms with Crippen LogP contribution in [0, 0.1) is 0 Å². The van der Waals surface area contributed by atoms with Gasteiger partial charge in [0, 0.05) is 18.5 Å². The second-order valence-electron chi connectivity index (χ2n) is 6.29. The predicted octanol–water partition coefficient (Wildman–Crippen LogP) is 2.21. The average molecular weight is 290 g/mol. The van der Waals surface area contributed by atoms with Crippen molar-refractivity contribution in [1.82, 2.24) is 5.32 Å². The molecule has 4 heteroatoms. The van der Waals surface area contributed by atoms with Gasteiger partial charge in [-0.25, -0.2) is 0 Å². The zero-order valence-corrected chi connectivity index (χ0v) is 12.9. The molecule has 0 radical (unpaired) electrons. The number of methoxy groups -OCH3 is 1. The van der Waals surface area contributed by atoms with Gasteiger partial charge in [0.2, 0.25) is 0 Å². The highest BCUT2D eigenvalue weighted by molar-refractivity contribution is 5.46. The van der Waals surface area contributed by atoms with Crippen LogP contribution in [-0.2, 0) is 5.41 Å². The lowest BCUT2D eigenvalue weighted by atomic mass is 9.64. The van der Waals surface area contributed by atoms with Crippen LogP contribution in [0.15, 0.2) is 18.2 Å². The molecule has 1 saturated carbocycles. The van der Waals surface area contributed by atoms with E-state index in [1.807, 2.05) is 6.07 Å². The van der Waals surface area contributed by atoms with Gasteiger partial charge >= 0.3 is 0 Å². The summed E-state index contributed by atoms with van der Waals surface area (Å²) < 4.78 is 11.7. The van der Waals surface area contributed by atoms with E-state index in [2.05, 4.69) is 17.4 Å². The Morgan fingerprint density at radius 3 is 2.71 bits per heavy atom. The lowest BCUT2D eigenvalue weighted by molar-refractivity contribution is 0.160. The number of ether oxygens (including phenoxy) is 2. The van der Waals surface area contributed by atoms with Gasteiger partial charge in [-0.1, -0.05) is 12.5 Å². The summed E-state index contributed by atoms with van der Waals surface area (Å²) in [5.41, 5.74) is 7.49. The maximum absolute atomic E-state index is 6.20. The van der Waals surface area contributed by atoms with E-state index in [1.54, 1.807) is 7.11 Å². The molecule has 1 saturated heterocycles. The number of hydrogen-bond donors (Lipinski definition) is 2. The zero-order chi connectivity index (χ0) is 14.7. The fraction of sp³-hybridized carbons (Fsp3) is 0.647. The summed E-state index contributed by atoms with van der Waals surface area (Å²) in [5, 5.41) is 3.39. The molecule has 1 aromatic rings. The Morgan fingerprint density at radius 2 is 2.14 bits per heavy atom. The summed E-state index contributed by atoms with van der Waals surface area (Å²) in [6, 6.07) is 6.33. The third-order valence-corrected chi connectivity index (χ3v) is 5.02. The number of rotatable bonds is 5. The number of nitrogens with one attached hydrogen (secondary N) is 1. The van der Waals surface area contributed by atoms with Gasteiger partial charge in [0.05, 0.1) is 7.11 Å². The number of nitrogens with two attached hydrogens (primary N) is 1. The second kappa shape index (κ2) is 6.24. The van der Waals surface area contributed by atoms with Crippen molar-refractivity contribution in [2.45, 2.75) is 43.6 Å². The number of hydrogen-bond acceptors (Lipinski definition) is 4. The Kier molecular flexibility index (Phi) is 4.36. The van der Waals surface area contributed by atoms with Crippen molar-refractivity contribution < 1.29 is 9.47 Å². The van der Waals surface area contributed by atoms with Crippen molar-refractivity contribution in [3.63, 3.8) is 0 Å².